The molecule has 0 radical (unpaired) electrons. The van der Waals surface area contributed by atoms with Crippen LogP contribution in [-0.4, -0.2) is 12.5 Å². The van der Waals surface area contributed by atoms with E-state index in [1.807, 2.05) is 6.07 Å². The van der Waals surface area contributed by atoms with Crippen molar-refractivity contribution in [3.05, 3.63) is 59.4 Å². The molecule has 1 heterocycles. The molecular formula is C15H11BrFNO2. The monoisotopic (exact) mass is 335 g/mol. The molecule has 1 amide bonds. The fourth-order valence-electron chi connectivity index (χ4n) is 2.12. The van der Waals surface area contributed by atoms with Gasteiger partial charge in [0.05, 0.1) is 10.5 Å². The molecule has 2 aromatic carbocycles. The van der Waals surface area contributed by atoms with Crippen molar-refractivity contribution in [2.75, 3.05) is 11.9 Å². The lowest BCUT2D eigenvalue weighted by molar-refractivity contribution is -0.118. The summed E-state index contributed by atoms with van der Waals surface area (Å²) in [6.07, 6.45) is 0. The first kappa shape index (κ1) is 13.1. The number of benzene rings is 2. The Hall–Kier alpha value is -1.88. The van der Waals surface area contributed by atoms with E-state index in [0.29, 0.717) is 17.0 Å². The molecule has 102 valence electrons. The molecular weight excluding hydrogens is 325 g/mol. The molecule has 2 aromatic rings. The normalized spacial score (nSPS) is 15.0. The predicted octanol–water partition coefficient (Wildman–Crippen LogP) is 3.64. The number of hydrogen-bond acceptors (Lipinski definition) is 2. The third-order valence-electron chi connectivity index (χ3n) is 3.11. The van der Waals surface area contributed by atoms with Gasteiger partial charge in [-0.05, 0) is 23.8 Å². The van der Waals surface area contributed by atoms with Gasteiger partial charge in [-0.2, -0.15) is 0 Å². The van der Waals surface area contributed by atoms with Gasteiger partial charge in [0.15, 0.2) is 6.61 Å². The maximum absolute atomic E-state index is 13.8. The van der Waals surface area contributed by atoms with Crippen LogP contribution in [0.25, 0.3) is 0 Å². The number of anilines is 1. The van der Waals surface area contributed by atoms with Crippen LogP contribution in [0.2, 0.25) is 0 Å². The number of rotatable bonds is 2. The van der Waals surface area contributed by atoms with Crippen LogP contribution >= 0.6 is 15.9 Å². The second-order valence-corrected chi connectivity index (χ2v) is 5.39. The molecule has 5 heteroatoms. The topological polar surface area (TPSA) is 38.3 Å². The number of amides is 1. The van der Waals surface area contributed by atoms with Crippen LogP contribution < -0.4 is 10.1 Å². The van der Waals surface area contributed by atoms with Gasteiger partial charge in [-0.25, -0.2) is 4.39 Å². The minimum absolute atomic E-state index is 0.0252. The highest BCUT2D eigenvalue weighted by Gasteiger charge is 2.20. The maximum atomic E-state index is 13.8. The van der Waals surface area contributed by atoms with E-state index in [2.05, 4.69) is 21.2 Å². The first-order chi connectivity index (χ1) is 9.65. The lowest BCUT2D eigenvalue weighted by atomic mass is 10.0. The van der Waals surface area contributed by atoms with E-state index < -0.39 is 0 Å². The highest BCUT2D eigenvalue weighted by molar-refractivity contribution is 9.09. The molecule has 0 saturated heterocycles. The van der Waals surface area contributed by atoms with Crippen LogP contribution in [-0.2, 0) is 4.79 Å². The Balaban J connectivity index is 1.97. The highest BCUT2D eigenvalue weighted by atomic mass is 79.9. The second-order valence-electron chi connectivity index (χ2n) is 4.48. The number of halogens is 2. The second kappa shape index (κ2) is 5.25. The van der Waals surface area contributed by atoms with Crippen LogP contribution in [0.3, 0.4) is 0 Å². The van der Waals surface area contributed by atoms with E-state index in [1.54, 1.807) is 30.3 Å². The minimum Gasteiger partial charge on any atom is -0.482 e. The number of fused-ring (bicyclic) bond motifs is 1. The van der Waals surface area contributed by atoms with Crippen molar-refractivity contribution in [2.24, 2.45) is 0 Å². The minimum atomic E-state index is -0.284. The van der Waals surface area contributed by atoms with Crippen LogP contribution in [0.15, 0.2) is 42.5 Å². The lowest BCUT2D eigenvalue weighted by Crippen LogP contribution is -2.25. The van der Waals surface area contributed by atoms with Gasteiger partial charge in [-0.15, -0.1) is 0 Å². The molecule has 3 rings (SSSR count). The molecule has 0 saturated carbocycles. The van der Waals surface area contributed by atoms with Crippen molar-refractivity contribution in [3.8, 4) is 5.75 Å². The number of carbonyl (C=O) groups excluding carboxylic acids is 1. The van der Waals surface area contributed by atoms with Crippen LogP contribution in [0, 0.1) is 5.82 Å². The third kappa shape index (κ3) is 2.41. The van der Waals surface area contributed by atoms with Crippen LogP contribution in [0.5, 0.6) is 5.75 Å². The summed E-state index contributed by atoms with van der Waals surface area (Å²) in [5, 5.41) is 2.74. The molecule has 1 atom stereocenters. The molecule has 3 nitrogen and oxygen atoms in total. The summed E-state index contributed by atoms with van der Waals surface area (Å²) in [7, 11) is 0. The SMILES string of the molecule is O=C1COc2ccc(C(Br)c3ccccc3F)cc2N1. The Kier molecular flexibility index (Phi) is 3.44. The summed E-state index contributed by atoms with van der Waals surface area (Å²) in [5.74, 6) is 0.167. The van der Waals surface area contributed by atoms with Crippen molar-refractivity contribution in [1.29, 1.82) is 0 Å². The van der Waals surface area contributed by atoms with Gasteiger partial charge in [0.2, 0.25) is 0 Å². The molecule has 0 fully saturated rings. The molecule has 0 aromatic heterocycles. The van der Waals surface area contributed by atoms with Gasteiger partial charge in [0.1, 0.15) is 11.6 Å². The number of nitrogens with one attached hydrogen (secondary N) is 1. The largest absolute Gasteiger partial charge is 0.482 e. The zero-order valence-corrected chi connectivity index (χ0v) is 12.0. The Labute approximate surface area is 123 Å². The van der Waals surface area contributed by atoms with Crippen molar-refractivity contribution in [1.82, 2.24) is 0 Å². The summed E-state index contributed by atoms with van der Waals surface area (Å²) >= 11 is 3.49. The van der Waals surface area contributed by atoms with E-state index in [-0.39, 0.29) is 23.2 Å². The molecule has 20 heavy (non-hydrogen) atoms. The van der Waals surface area contributed by atoms with E-state index in [1.165, 1.54) is 6.07 Å². The van der Waals surface area contributed by atoms with Crippen LogP contribution in [0.1, 0.15) is 16.0 Å². The van der Waals surface area contributed by atoms with Gasteiger partial charge < -0.3 is 10.1 Å². The van der Waals surface area contributed by atoms with Gasteiger partial charge in [0.25, 0.3) is 5.91 Å². The summed E-state index contributed by atoms with van der Waals surface area (Å²) in [6.45, 7) is 0.0252. The molecule has 0 spiro atoms. The Morgan fingerprint density at radius 1 is 1.25 bits per heavy atom. The van der Waals surface area contributed by atoms with Gasteiger partial charge in [-0.1, -0.05) is 40.2 Å². The van der Waals surface area contributed by atoms with E-state index >= 15 is 0 Å². The molecule has 1 N–H and O–H groups in total. The first-order valence-corrected chi connectivity index (χ1v) is 7.02. The van der Waals surface area contributed by atoms with Crippen molar-refractivity contribution < 1.29 is 13.9 Å². The van der Waals surface area contributed by atoms with Crippen molar-refractivity contribution in [3.63, 3.8) is 0 Å². The number of ether oxygens (including phenoxy) is 1. The summed E-state index contributed by atoms with van der Waals surface area (Å²) in [4.78, 5) is 11.0. The standard InChI is InChI=1S/C15H11BrFNO2/c16-15(10-3-1-2-4-11(10)17)9-5-6-13-12(7-9)18-14(19)8-20-13/h1-7,15H,8H2,(H,18,19). The zero-order valence-electron chi connectivity index (χ0n) is 10.4. The van der Waals surface area contributed by atoms with Gasteiger partial charge in [0, 0.05) is 5.56 Å². The summed E-state index contributed by atoms with van der Waals surface area (Å²) < 4.78 is 19.1. The molecule has 1 unspecified atom stereocenters. The molecule has 1 aliphatic heterocycles. The Morgan fingerprint density at radius 3 is 2.85 bits per heavy atom. The van der Waals surface area contributed by atoms with Crippen molar-refractivity contribution in [2.45, 2.75) is 4.83 Å². The highest BCUT2D eigenvalue weighted by Crippen LogP contribution is 2.37. The zero-order chi connectivity index (χ0) is 14.1. The predicted molar refractivity (Wildman–Crippen MR) is 77.7 cm³/mol. The maximum Gasteiger partial charge on any atom is 0.262 e. The molecule has 0 aliphatic carbocycles. The average molecular weight is 336 g/mol. The summed E-state index contributed by atoms with van der Waals surface area (Å²) in [5.41, 5.74) is 2.01. The number of alkyl halides is 1. The van der Waals surface area contributed by atoms with Crippen molar-refractivity contribution >= 4 is 27.5 Å². The summed E-state index contributed by atoms with van der Waals surface area (Å²) in [6, 6.07) is 12.0. The first-order valence-electron chi connectivity index (χ1n) is 6.10. The smallest absolute Gasteiger partial charge is 0.262 e. The van der Waals surface area contributed by atoms with Crippen LogP contribution in [0.4, 0.5) is 10.1 Å². The fraction of sp³-hybridized carbons (Fsp3) is 0.133. The Morgan fingerprint density at radius 2 is 2.05 bits per heavy atom. The number of hydrogen-bond donors (Lipinski definition) is 1. The van der Waals surface area contributed by atoms with E-state index in [9.17, 15) is 9.18 Å². The quantitative estimate of drug-likeness (QED) is 0.851. The average Bonchev–Trinajstić information content (AvgIpc) is 2.46. The Bertz CT molecular complexity index is 675. The number of carbonyl (C=O) groups is 1. The molecule has 1 aliphatic rings. The van der Waals surface area contributed by atoms with E-state index in [4.69, 9.17) is 4.74 Å². The van der Waals surface area contributed by atoms with E-state index in [0.717, 1.165) is 5.56 Å². The van der Waals surface area contributed by atoms with Gasteiger partial charge >= 0.3 is 0 Å². The fourth-order valence-corrected chi connectivity index (χ4v) is 2.77. The molecule has 0 bridgehead atoms. The third-order valence-corrected chi connectivity index (χ3v) is 4.13. The lowest BCUT2D eigenvalue weighted by Gasteiger charge is -2.20. The van der Waals surface area contributed by atoms with Gasteiger partial charge in [-0.3, -0.25) is 4.79 Å².